The molecule has 1 aromatic rings. The zero-order valence-corrected chi connectivity index (χ0v) is 10.4. The number of nitrogens with zero attached hydrogens (tertiary/aromatic N) is 1. The Labute approximate surface area is 106 Å². The van der Waals surface area contributed by atoms with Crippen molar-refractivity contribution in [2.24, 2.45) is 16.1 Å². The molecule has 3 N–H and O–H groups in total. The molecule has 0 radical (unpaired) electrons. The molecule has 0 bridgehead atoms. The van der Waals surface area contributed by atoms with E-state index in [0.29, 0.717) is 0 Å². The number of piperidine rings is 1. The second-order valence-electron chi connectivity index (χ2n) is 5.63. The van der Waals surface area contributed by atoms with E-state index < -0.39 is 0 Å². The van der Waals surface area contributed by atoms with Crippen molar-refractivity contribution in [2.75, 3.05) is 13.1 Å². The SMILES string of the molecule is NC1=c2cc3c(cc2CC12CCNCC2)=CC=N3. The first-order valence-corrected chi connectivity index (χ1v) is 6.67. The van der Waals surface area contributed by atoms with Crippen LogP contribution in [0.3, 0.4) is 0 Å². The number of nitrogens with two attached hydrogens (primary N) is 1. The van der Waals surface area contributed by atoms with Gasteiger partial charge in [-0.05, 0) is 61.3 Å². The van der Waals surface area contributed by atoms with Crippen LogP contribution in [0.2, 0.25) is 0 Å². The molecule has 1 fully saturated rings. The number of benzene rings is 1. The van der Waals surface area contributed by atoms with Gasteiger partial charge in [-0.1, -0.05) is 0 Å². The Morgan fingerprint density at radius 2 is 2.06 bits per heavy atom. The van der Waals surface area contributed by atoms with E-state index in [9.17, 15) is 0 Å². The molecule has 1 saturated heterocycles. The summed E-state index contributed by atoms with van der Waals surface area (Å²) in [6.07, 6.45) is 7.38. The molecule has 18 heavy (non-hydrogen) atoms. The van der Waals surface area contributed by atoms with Crippen molar-refractivity contribution in [3.63, 3.8) is 0 Å². The lowest BCUT2D eigenvalue weighted by molar-refractivity contribution is 0.287. The Hall–Kier alpha value is -1.61. The van der Waals surface area contributed by atoms with Crippen molar-refractivity contribution in [2.45, 2.75) is 19.3 Å². The standard InChI is InChI=1S/C15H17N3/c16-14-12-8-13-10(1-4-18-13)7-11(12)9-15(14)2-5-17-6-3-15/h1,4,7-8,17H,2-3,5-6,9,16H2. The van der Waals surface area contributed by atoms with Crippen LogP contribution in [0, 0.1) is 5.41 Å². The third kappa shape index (κ3) is 1.25. The van der Waals surface area contributed by atoms with Gasteiger partial charge in [0.05, 0.1) is 5.69 Å². The summed E-state index contributed by atoms with van der Waals surface area (Å²) < 4.78 is 0. The summed E-state index contributed by atoms with van der Waals surface area (Å²) in [4.78, 5) is 4.38. The summed E-state index contributed by atoms with van der Waals surface area (Å²) in [5, 5.41) is 5.93. The molecule has 3 aliphatic rings. The summed E-state index contributed by atoms with van der Waals surface area (Å²) in [6, 6.07) is 4.46. The lowest BCUT2D eigenvalue weighted by Crippen LogP contribution is -2.39. The van der Waals surface area contributed by atoms with Gasteiger partial charge in [0, 0.05) is 22.5 Å². The van der Waals surface area contributed by atoms with Crippen molar-refractivity contribution in [1.29, 1.82) is 0 Å². The fourth-order valence-corrected chi connectivity index (χ4v) is 3.59. The van der Waals surface area contributed by atoms with Gasteiger partial charge < -0.3 is 11.1 Å². The van der Waals surface area contributed by atoms with Gasteiger partial charge in [0.25, 0.3) is 0 Å². The first kappa shape index (κ1) is 10.3. The van der Waals surface area contributed by atoms with Crippen LogP contribution in [0.4, 0.5) is 5.69 Å². The van der Waals surface area contributed by atoms with Crippen LogP contribution in [0.1, 0.15) is 18.4 Å². The molecular weight excluding hydrogens is 222 g/mol. The highest BCUT2D eigenvalue weighted by Crippen LogP contribution is 2.40. The normalized spacial score (nSPS) is 23.0. The molecule has 0 aromatic heterocycles. The highest BCUT2D eigenvalue weighted by Gasteiger charge is 2.39. The van der Waals surface area contributed by atoms with E-state index in [2.05, 4.69) is 28.5 Å². The summed E-state index contributed by atoms with van der Waals surface area (Å²) >= 11 is 0. The second kappa shape index (κ2) is 3.45. The Bertz CT molecular complexity index is 664. The summed E-state index contributed by atoms with van der Waals surface area (Å²) in [6.45, 7) is 2.16. The van der Waals surface area contributed by atoms with Crippen LogP contribution < -0.4 is 21.5 Å². The largest absolute Gasteiger partial charge is 0.401 e. The highest BCUT2D eigenvalue weighted by molar-refractivity contribution is 5.97. The van der Waals surface area contributed by atoms with E-state index in [1.54, 1.807) is 0 Å². The molecule has 92 valence electrons. The fraction of sp³-hybridized carbons (Fsp3) is 0.400. The minimum absolute atomic E-state index is 0.215. The van der Waals surface area contributed by atoms with Crippen LogP contribution in [0.15, 0.2) is 17.1 Å². The van der Waals surface area contributed by atoms with Crippen molar-refractivity contribution in [3.05, 3.63) is 28.1 Å². The fourth-order valence-electron chi connectivity index (χ4n) is 3.59. The third-order valence-electron chi connectivity index (χ3n) is 4.67. The Morgan fingerprint density at radius 3 is 2.89 bits per heavy atom. The van der Waals surface area contributed by atoms with Crippen molar-refractivity contribution in [1.82, 2.24) is 5.32 Å². The van der Waals surface area contributed by atoms with Gasteiger partial charge >= 0.3 is 0 Å². The molecule has 1 aromatic carbocycles. The third-order valence-corrected chi connectivity index (χ3v) is 4.67. The molecule has 2 aliphatic heterocycles. The summed E-state index contributed by atoms with van der Waals surface area (Å²) in [5.41, 5.74) is 10.3. The molecule has 0 saturated carbocycles. The second-order valence-corrected chi connectivity index (χ2v) is 5.63. The Kier molecular flexibility index (Phi) is 1.98. The maximum Gasteiger partial charge on any atom is 0.0709 e. The number of hydrogen-bond donors (Lipinski definition) is 2. The topological polar surface area (TPSA) is 50.4 Å². The molecule has 1 aliphatic carbocycles. The summed E-state index contributed by atoms with van der Waals surface area (Å²) in [7, 11) is 0. The van der Waals surface area contributed by atoms with Crippen molar-refractivity contribution >= 4 is 23.7 Å². The predicted octanol–water partition coefficient (Wildman–Crippen LogP) is 0.176. The molecular formula is C15H17N3. The molecule has 0 atom stereocenters. The minimum atomic E-state index is 0.215. The van der Waals surface area contributed by atoms with E-state index in [4.69, 9.17) is 5.73 Å². The number of rotatable bonds is 0. The average Bonchev–Trinajstić information content (AvgIpc) is 2.93. The first-order valence-electron chi connectivity index (χ1n) is 6.67. The van der Waals surface area contributed by atoms with Crippen molar-refractivity contribution < 1.29 is 0 Å². The number of hydrogen-bond acceptors (Lipinski definition) is 3. The lowest BCUT2D eigenvalue weighted by Gasteiger charge is -2.35. The van der Waals surface area contributed by atoms with Gasteiger partial charge in [-0.25, -0.2) is 0 Å². The van der Waals surface area contributed by atoms with Crippen LogP contribution in [-0.4, -0.2) is 19.3 Å². The van der Waals surface area contributed by atoms with Gasteiger partial charge in [0.2, 0.25) is 0 Å². The van der Waals surface area contributed by atoms with E-state index in [1.807, 2.05) is 6.21 Å². The van der Waals surface area contributed by atoms with Gasteiger partial charge in [0.1, 0.15) is 0 Å². The van der Waals surface area contributed by atoms with E-state index in [0.717, 1.165) is 43.7 Å². The van der Waals surface area contributed by atoms with Gasteiger partial charge in [0.15, 0.2) is 0 Å². The summed E-state index contributed by atoms with van der Waals surface area (Å²) in [5.74, 6) is 0. The smallest absolute Gasteiger partial charge is 0.0709 e. The van der Waals surface area contributed by atoms with Gasteiger partial charge in [-0.2, -0.15) is 0 Å². The zero-order chi connectivity index (χ0) is 12.2. The van der Waals surface area contributed by atoms with Crippen molar-refractivity contribution in [3.8, 4) is 0 Å². The van der Waals surface area contributed by atoms with Crippen LogP contribution in [0.5, 0.6) is 0 Å². The molecule has 3 nitrogen and oxygen atoms in total. The van der Waals surface area contributed by atoms with Crippen LogP contribution >= 0.6 is 0 Å². The monoisotopic (exact) mass is 239 g/mol. The maximum atomic E-state index is 6.48. The minimum Gasteiger partial charge on any atom is -0.401 e. The van der Waals surface area contributed by atoms with Crippen LogP contribution in [-0.2, 0) is 6.42 Å². The molecule has 2 heterocycles. The Balaban J connectivity index is 1.92. The highest BCUT2D eigenvalue weighted by atomic mass is 14.9. The predicted molar refractivity (Wildman–Crippen MR) is 74.1 cm³/mol. The lowest BCUT2D eigenvalue weighted by atomic mass is 9.75. The molecule has 0 amide bonds. The van der Waals surface area contributed by atoms with E-state index >= 15 is 0 Å². The van der Waals surface area contributed by atoms with Crippen LogP contribution in [0.25, 0.3) is 11.8 Å². The van der Waals surface area contributed by atoms with Gasteiger partial charge in [-0.3, -0.25) is 4.99 Å². The zero-order valence-electron chi connectivity index (χ0n) is 10.4. The molecule has 0 unspecified atom stereocenters. The number of fused-ring (bicyclic) bond motifs is 2. The van der Waals surface area contributed by atoms with E-state index in [-0.39, 0.29) is 5.41 Å². The Morgan fingerprint density at radius 1 is 1.22 bits per heavy atom. The molecule has 1 spiro atoms. The van der Waals surface area contributed by atoms with E-state index in [1.165, 1.54) is 16.0 Å². The van der Waals surface area contributed by atoms with Gasteiger partial charge in [-0.15, -0.1) is 0 Å². The number of nitrogens with one attached hydrogen (secondary N) is 1. The maximum absolute atomic E-state index is 6.48. The quantitative estimate of drug-likeness (QED) is 0.678. The molecule has 4 rings (SSSR count). The molecule has 3 heteroatoms. The number of aliphatic imine (C=N–C) groups is 1. The first-order chi connectivity index (χ1) is 8.78. The average molecular weight is 239 g/mol.